The monoisotopic (exact) mass is 318 g/mol. The third kappa shape index (κ3) is 4.13. The second-order valence-corrected chi connectivity index (χ2v) is 6.33. The summed E-state index contributed by atoms with van der Waals surface area (Å²) >= 11 is 0. The summed E-state index contributed by atoms with van der Waals surface area (Å²) in [6, 6.07) is 6.21. The molecule has 1 aromatic rings. The van der Waals surface area contributed by atoms with Crippen LogP contribution in [0.2, 0.25) is 0 Å². The number of ether oxygens (including phenoxy) is 1. The standard InChI is InChI=1S/C17H26N4O2/c1-2-23-13-14-6-9-21(11-14)17(22)19-15-7-10-20(12-15)16-5-3-4-8-18-16/h3-5,8,14-15H,2,6-7,9-13H2,1H3,(H,19,22)/t14-,15-/m0/s1. The van der Waals surface area contributed by atoms with Crippen LogP contribution in [0.1, 0.15) is 19.8 Å². The first-order chi connectivity index (χ1) is 11.3. The highest BCUT2D eigenvalue weighted by molar-refractivity contribution is 5.75. The molecule has 126 valence electrons. The largest absolute Gasteiger partial charge is 0.381 e. The summed E-state index contributed by atoms with van der Waals surface area (Å²) in [6.07, 6.45) is 3.82. The van der Waals surface area contributed by atoms with Gasteiger partial charge in [0.05, 0.1) is 6.61 Å². The molecule has 0 unspecified atom stereocenters. The molecule has 2 amide bonds. The highest BCUT2D eigenvalue weighted by Gasteiger charge is 2.30. The van der Waals surface area contributed by atoms with E-state index in [4.69, 9.17) is 4.74 Å². The van der Waals surface area contributed by atoms with E-state index in [9.17, 15) is 4.79 Å². The second-order valence-electron chi connectivity index (χ2n) is 6.33. The fourth-order valence-electron chi connectivity index (χ4n) is 3.33. The number of carbonyl (C=O) groups excluding carboxylic acids is 1. The Morgan fingerprint density at radius 1 is 1.35 bits per heavy atom. The Bertz CT molecular complexity index is 511. The van der Waals surface area contributed by atoms with Crippen molar-refractivity contribution in [3.63, 3.8) is 0 Å². The fourth-order valence-corrected chi connectivity index (χ4v) is 3.33. The molecule has 2 fully saturated rings. The summed E-state index contributed by atoms with van der Waals surface area (Å²) in [4.78, 5) is 20.9. The smallest absolute Gasteiger partial charge is 0.317 e. The SMILES string of the molecule is CCOC[C@H]1CCN(C(=O)N[C@H]2CCN(c3ccccn3)C2)C1. The Hall–Kier alpha value is -1.82. The minimum absolute atomic E-state index is 0.0665. The Balaban J connectivity index is 1.44. The number of hydrogen-bond acceptors (Lipinski definition) is 4. The number of carbonyl (C=O) groups is 1. The molecule has 2 aliphatic heterocycles. The van der Waals surface area contributed by atoms with Crippen LogP contribution < -0.4 is 10.2 Å². The van der Waals surface area contributed by atoms with Crippen LogP contribution in [0.3, 0.4) is 0 Å². The molecular weight excluding hydrogens is 292 g/mol. The van der Waals surface area contributed by atoms with E-state index in [2.05, 4.69) is 15.2 Å². The van der Waals surface area contributed by atoms with Gasteiger partial charge < -0.3 is 19.9 Å². The molecule has 2 saturated heterocycles. The van der Waals surface area contributed by atoms with Crippen molar-refractivity contribution < 1.29 is 9.53 Å². The Labute approximate surface area is 137 Å². The molecule has 0 saturated carbocycles. The van der Waals surface area contributed by atoms with Gasteiger partial charge in [0.15, 0.2) is 0 Å². The van der Waals surface area contributed by atoms with Gasteiger partial charge in [0.1, 0.15) is 5.82 Å². The predicted molar refractivity (Wildman–Crippen MR) is 89.6 cm³/mol. The molecule has 0 radical (unpaired) electrons. The quantitative estimate of drug-likeness (QED) is 0.898. The molecule has 2 aliphatic rings. The van der Waals surface area contributed by atoms with Crippen molar-refractivity contribution in [2.24, 2.45) is 5.92 Å². The first-order valence-corrected chi connectivity index (χ1v) is 8.55. The first-order valence-electron chi connectivity index (χ1n) is 8.55. The van der Waals surface area contributed by atoms with Crippen molar-refractivity contribution in [3.05, 3.63) is 24.4 Å². The van der Waals surface area contributed by atoms with Crippen molar-refractivity contribution in [1.29, 1.82) is 0 Å². The molecule has 1 aromatic heterocycles. The van der Waals surface area contributed by atoms with E-state index in [0.29, 0.717) is 5.92 Å². The van der Waals surface area contributed by atoms with E-state index in [0.717, 1.165) is 58.1 Å². The molecule has 0 aromatic carbocycles. The molecule has 1 N–H and O–H groups in total. The van der Waals surface area contributed by atoms with E-state index in [-0.39, 0.29) is 12.1 Å². The number of hydrogen-bond donors (Lipinski definition) is 1. The maximum Gasteiger partial charge on any atom is 0.317 e. The number of nitrogens with one attached hydrogen (secondary N) is 1. The van der Waals surface area contributed by atoms with Crippen molar-refractivity contribution in [1.82, 2.24) is 15.2 Å². The summed E-state index contributed by atoms with van der Waals surface area (Å²) in [5.74, 6) is 1.47. The van der Waals surface area contributed by atoms with Gasteiger partial charge in [0.2, 0.25) is 0 Å². The fraction of sp³-hybridized carbons (Fsp3) is 0.647. The number of rotatable bonds is 5. The lowest BCUT2D eigenvalue weighted by molar-refractivity contribution is 0.113. The normalized spacial score (nSPS) is 24.2. The molecule has 0 spiro atoms. The number of nitrogens with zero attached hydrogens (tertiary/aromatic N) is 3. The third-order valence-electron chi connectivity index (χ3n) is 4.62. The molecular formula is C17H26N4O2. The number of pyridine rings is 1. The summed E-state index contributed by atoms with van der Waals surface area (Å²) in [5, 5.41) is 3.17. The molecule has 3 rings (SSSR count). The van der Waals surface area contributed by atoms with Gasteiger partial charge in [-0.25, -0.2) is 9.78 Å². The van der Waals surface area contributed by atoms with Gasteiger partial charge >= 0.3 is 6.03 Å². The van der Waals surface area contributed by atoms with Gasteiger partial charge in [-0.2, -0.15) is 0 Å². The average molecular weight is 318 g/mol. The molecule has 23 heavy (non-hydrogen) atoms. The second kappa shape index (κ2) is 7.64. The summed E-state index contributed by atoms with van der Waals surface area (Å²) in [6.45, 7) is 6.93. The maximum atomic E-state index is 12.4. The van der Waals surface area contributed by atoms with Gasteiger partial charge in [0, 0.05) is 50.9 Å². The molecule has 3 heterocycles. The Kier molecular flexibility index (Phi) is 5.33. The van der Waals surface area contributed by atoms with Crippen LogP contribution in [0, 0.1) is 5.92 Å². The molecule has 2 atom stereocenters. The van der Waals surface area contributed by atoms with Gasteiger partial charge in [-0.15, -0.1) is 0 Å². The Morgan fingerprint density at radius 2 is 2.26 bits per heavy atom. The lowest BCUT2D eigenvalue weighted by Gasteiger charge is -2.21. The minimum Gasteiger partial charge on any atom is -0.381 e. The first kappa shape index (κ1) is 16.1. The van der Waals surface area contributed by atoms with Crippen molar-refractivity contribution >= 4 is 11.8 Å². The maximum absolute atomic E-state index is 12.4. The topological polar surface area (TPSA) is 57.7 Å². The van der Waals surface area contributed by atoms with Crippen LogP contribution in [0.25, 0.3) is 0 Å². The van der Waals surface area contributed by atoms with Gasteiger partial charge in [-0.1, -0.05) is 6.07 Å². The molecule has 0 aliphatic carbocycles. The van der Waals surface area contributed by atoms with Crippen LogP contribution in [0.5, 0.6) is 0 Å². The van der Waals surface area contributed by atoms with Gasteiger partial charge in [-0.05, 0) is 31.9 Å². The van der Waals surface area contributed by atoms with E-state index >= 15 is 0 Å². The number of aromatic nitrogens is 1. The van der Waals surface area contributed by atoms with E-state index in [1.807, 2.05) is 36.2 Å². The number of amides is 2. The van der Waals surface area contributed by atoms with Gasteiger partial charge in [0.25, 0.3) is 0 Å². The predicted octanol–water partition coefficient (Wildman–Crippen LogP) is 1.73. The van der Waals surface area contributed by atoms with Crippen LogP contribution >= 0.6 is 0 Å². The summed E-state index contributed by atoms with van der Waals surface area (Å²) in [7, 11) is 0. The number of likely N-dealkylation sites (tertiary alicyclic amines) is 1. The third-order valence-corrected chi connectivity index (χ3v) is 4.62. The Morgan fingerprint density at radius 3 is 3.04 bits per heavy atom. The summed E-state index contributed by atoms with van der Waals surface area (Å²) < 4.78 is 5.47. The lowest BCUT2D eigenvalue weighted by atomic mass is 10.1. The van der Waals surface area contributed by atoms with Crippen LogP contribution in [-0.4, -0.2) is 61.3 Å². The van der Waals surface area contributed by atoms with E-state index in [1.54, 1.807) is 0 Å². The number of urea groups is 1. The summed E-state index contributed by atoms with van der Waals surface area (Å²) in [5.41, 5.74) is 0. The zero-order chi connectivity index (χ0) is 16.1. The van der Waals surface area contributed by atoms with Crippen LogP contribution in [-0.2, 0) is 4.74 Å². The average Bonchev–Trinajstić information content (AvgIpc) is 3.23. The highest BCUT2D eigenvalue weighted by Crippen LogP contribution is 2.19. The van der Waals surface area contributed by atoms with Crippen molar-refractivity contribution in [2.45, 2.75) is 25.8 Å². The lowest BCUT2D eigenvalue weighted by Crippen LogP contribution is -2.45. The van der Waals surface area contributed by atoms with E-state index in [1.165, 1.54) is 0 Å². The molecule has 0 bridgehead atoms. The molecule has 6 heteroatoms. The minimum atomic E-state index is 0.0665. The van der Waals surface area contributed by atoms with Crippen molar-refractivity contribution in [2.75, 3.05) is 44.3 Å². The van der Waals surface area contributed by atoms with E-state index < -0.39 is 0 Å². The van der Waals surface area contributed by atoms with Crippen LogP contribution in [0.4, 0.5) is 10.6 Å². The number of anilines is 1. The van der Waals surface area contributed by atoms with Gasteiger partial charge in [-0.3, -0.25) is 0 Å². The van der Waals surface area contributed by atoms with Crippen molar-refractivity contribution in [3.8, 4) is 0 Å². The molecule has 6 nitrogen and oxygen atoms in total. The highest BCUT2D eigenvalue weighted by atomic mass is 16.5. The van der Waals surface area contributed by atoms with Crippen LogP contribution in [0.15, 0.2) is 24.4 Å². The zero-order valence-corrected chi connectivity index (χ0v) is 13.8. The zero-order valence-electron chi connectivity index (χ0n) is 13.8.